The van der Waals surface area contributed by atoms with Gasteiger partial charge >= 0.3 is 11.6 Å². The van der Waals surface area contributed by atoms with Crippen LogP contribution in [-0.4, -0.2) is 35.0 Å². The van der Waals surface area contributed by atoms with Gasteiger partial charge in [-0.2, -0.15) is 11.8 Å². The van der Waals surface area contributed by atoms with Crippen molar-refractivity contribution in [1.82, 2.24) is 5.32 Å². The molecule has 0 aliphatic carbocycles. The number of amides is 1. The summed E-state index contributed by atoms with van der Waals surface area (Å²) in [6, 6.07) is 6.81. The third kappa shape index (κ3) is 4.31. The summed E-state index contributed by atoms with van der Waals surface area (Å²) in [5, 5.41) is 13.1. The van der Waals surface area contributed by atoms with Crippen LogP contribution >= 0.6 is 11.8 Å². The Kier molecular flexibility index (Phi) is 6.47. The van der Waals surface area contributed by atoms with E-state index in [0.717, 1.165) is 16.5 Å². The first-order valence-electron chi connectivity index (χ1n) is 10.5. The number of benzene rings is 2. The van der Waals surface area contributed by atoms with Crippen molar-refractivity contribution in [3.63, 3.8) is 0 Å². The quantitative estimate of drug-likeness (QED) is 0.374. The van der Waals surface area contributed by atoms with Gasteiger partial charge in [0.1, 0.15) is 23.0 Å². The van der Waals surface area contributed by atoms with E-state index in [9.17, 15) is 23.9 Å². The molecule has 7 nitrogen and oxygen atoms in total. The van der Waals surface area contributed by atoms with Crippen molar-refractivity contribution in [2.24, 2.45) is 0 Å². The molecule has 0 aliphatic heterocycles. The van der Waals surface area contributed by atoms with Gasteiger partial charge in [-0.1, -0.05) is 12.1 Å². The normalized spacial score (nSPS) is 12.2. The van der Waals surface area contributed by atoms with Gasteiger partial charge in [0.15, 0.2) is 0 Å². The number of thioether (sulfide) groups is 1. The Labute approximate surface area is 197 Å². The fourth-order valence-electron chi connectivity index (χ4n) is 4.00. The van der Waals surface area contributed by atoms with E-state index in [1.54, 1.807) is 38.5 Å². The summed E-state index contributed by atoms with van der Waals surface area (Å²) in [5.41, 5.74) is 3.10. The molecule has 0 spiro atoms. The number of aryl methyl sites for hydroxylation is 2. The van der Waals surface area contributed by atoms with Gasteiger partial charge in [-0.3, -0.25) is 4.79 Å². The molecule has 0 bridgehead atoms. The molecule has 0 radical (unpaired) electrons. The van der Waals surface area contributed by atoms with Crippen LogP contribution in [0.2, 0.25) is 0 Å². The zero-order valence-electron chi connectivity index (χ0n) is 18.7. The summed E-state index contributed by atoms with van der Waals surface area (Å²) in [4.78, 5) is 36.6. The lowest BCUT2D eigenvalue weighted by atomic mass is 9.97. The number of hydrogen-bond donors (Lipinski definition) is 2. The molecule has 0 fully saturated rings. The van der Waals surface area contributed by atoms with Gasteiger partial charge in [0.05, 0.1) is 18.2 Å². The Morgan fingerprint density at radius 1 is 1.12 bits per heavy atom. The molecule has 34 heavy (non-hydrogen) atoms. The molecule has 0 saturated carbocycles. The molecule has 1 amide bonds. The average Bonchev–Trinajstić information content (AvgIpc) is 3.22. The molecule has 4 rings (SSSR count). The molecular weight excluding hydrogens is 461 g/mol. The maximum Gasteiger partial charge on any atom is 0.340 e. The number of carbonyl (C=O) groups is 2. The Hall–Kier alpha value is -3.59. The van der Waals surface area contributed by atoms with Gasteiger partial charge in [0.2, 0.25) is 5.91 Å². The van der Waals surface area contributed by atoms with Crippen LogP contribution in [-0.2, 0) is 16.0 Å². The van der Waals surface area contributed by atoms with Gasteiger partial charge < -0.3 is 19.3 Å². The molecule has 2 aromatic heterocycles. The minimum absolute atomic E-state index is 0.156. The molecule has 1 atom stereocenters. The third-order valence-electron chi connectivity index (χ3n) is 5.80. The first-order chi connectivity index (χ1) is 16.2. The molecule has 2 N–H and O–H groups in total. The fourth-order valence-corrected chi connectivity index (χ4v) is 4.56. The van der Waals surface area contributed by atoms with Crippen molar-refractivity contribution in [3.8, 4) is 11.1 Å². The molecule has 4 aromatic rings. The molecule has 176 valence electrons. The largest absolute Gasteiger partial charge is 0.480 e. The van der Waals surface area contributed by atoms with Crippen molar-refractivity contribution in [1.29, 1.82) is 0 Å². The van der Waals surface area contributed by atoms with Crippen LogP contribution < -0.4 is 10.9 Å². The average molecular weight is 484 g/mol. The third-order valence-corrected chi connectivity index (χ3v) is 6.47. The maximum absolute atomic E-state index is 13.4. The van der Waals surface area contributed by atoms with Crippen LogP contribution in [0.4, 0.5) is 4.39 Å². The minimum Gasteiger partial charge on any atom is -0.480 e. The SMILES string of the molecule is CSCC(NC(=O)Cc1c(C)c2cc3c(-c4ccc(F)cc4)coc3c(C)c2oc1=O)C(=O)O. The maximum atomic E-state index is 13.4. The number of aliphatic carboxylic acids is 1. The van der Waals surface area contributed by atoms with Crippen LogP contribution in [0, 0.1) is 19.7 Å². The van der Waals surface area contributed by atoms with Gasteiger partial charge in [0.25, 0.3) is 0 Å². The highest BCUT2D eigenvalue weighted by molar-refractivity contribution is 7.98. The molecule has 2 heterocycles. The number of carboxylic acids is 1. The van der Waals surface area contributed by atoms with Crippen LogP contribution in [0.15, 0.2) is 50.2 Å². The molecule has 2 aromatic carbocycles. The van der Waals surface area contributed by atoms with Crippen molar-refractivity contribution in [3.05, 3.63) is 69.5 Å². The van der Waals surface area contributed by atoms with E-state index in [1.807, 2.05) is 6.07 Å². The minimum atomic E-state index is -1.14. The molecular formula is C25H22FNO6S. The van der Waals surface area contributed by atoms with Crippen molar-refractivity contribution in [2.45, 2.75) is 26.3 Å². The standard InChI is InChI=1S/C25H22FNO6S/c1-12-16-8-18-19(14-4-6-15(26)7-5-14)10-32-22(18)13(2)23(16)33-25(31)17(12)9-21(28)27-20(11-34-3)24(29)30/h4-8,10,20H,9,11H2,1-3H3,(H,27,28)(H,29,30). The number of hydrogen-bond acceptors (Lipinski definition) is 6. The van der Waals surface area contributed by atoms with E-state index < -0.39 is 23.5 Å². The summed E-state index contributed by atoms with van der Waals surface area (Å²) < 4.78 is 24.7. The van der Waals surface area contributed by atoms with E-state index in [4.69, 9.17) is 8.83 Å². The summed E-state index contributed by atoms with van der Waals surface area (Å²) in [6.07, 6.45) is 3.00. The second-order valence-corrected chi connectivity index (χ2v) is 8.91. The highest BCUT2D eigenvalue weighted by Gasteiger charge is 2.23. The molecule has 0 aliphatic rings. The van der Waals surface area contributed by atoms with Gasteiger partial charge in [-0.15, -0.1) is 0 Å². The summed E-state index contributed by atoms with van der Waals surface area (Å²) in [5.74, 6) is -1.86. The van der Waals surface area contributed by atoms with Crippen LogP contribution in [0.1, 0.15) is 16.7 Å². The number of fused-ring (bicyclic) bond motifs is 2. The van der Waals surface area contributed by atoms with Crippen molar-refractivity contribution >= 4 is 45.6 Å². The van der Waals surface area contributed by atoms with Crippen molar-refractivity contribution < 1.29 is 27.9 Å². The van der Waals surface area contributed by atoms with E-state index in [2.05, 4.69) is 5.32 Å². The molecule has 9 heteroatoms. The number of carbonyl (C=O) groups excluding carboxylic acids is 1. The number of halogens is 1. The highest BCUT2D eigenvalue weighted by atomic mass is 32.2. The smallest absolute Gasteiger partial charge is 0.340 e. The van der Waals surface area contributed by atoms with Gasteiger partial charge in [-0.05, 0) is 49.4 Å². The Morgan fingerprint density at radius 3 is 2.47 bits per heavy atom. The van der Waals surface area contributed by atoms with Gasteiger partial charge in [-0.25, -0.2) is 14.0 Å². The zero-order valence-corrected chi connectivity index (χ0v) is 19.5. The Bertz CT molecular complexity index is 1470. The number of rotatable bonds is 7. The second kappa shape index (κ2) is 9.34. The number of nitrogens with one attached hydrogen (secondary N) is 1. The van der Waals surface area contributed by atoms with Crippen LogP contribution in [0.5, 0.6) is 0 Å². The second-order valence-electron chi connectivity index (χ2n) is 7.99. The molecule has 0 saturated heterocycles. The Balaban J connectivity index is 1.79. The predicted octanol–water partition coefficient (Wildman–Crippen LogP) is 4.44. The molecule has 1 unspecified atom stereocenters. The summed E-state index contributed by atoms with van der Waals surface area (Å²) >= 11 is 1.29. The zero-order chi connectivity index (χ0) is 24.6. The van der Waals surface area contributed by atoms with E-state index in [-0.39, 0.29) is 23.6 Å². The fraction of sp³-hybridized carbons (Fsp3) is 0.240. The van der Waals surface area contributed by atoms with E-state index >= 15 is 0 Å². The number of carboxylic acid groups (broad SMARTS) is 1. The first kappa shape index (κ1) is 23.6. The lowest BCUT2D eigenvalue weighted by Gasteiger charge is -2.14. The highest BCUT2D eigenvalue weighted by Crippen LogP contribution is 2.37. The lowest BCUT2D eigenvalue weighted by molar-refractivity contribution is -0.141. The Morgan fingerprint density at radius 2 is 1.82 bits per heavy atom. The van der Waals surface area contributed by atoms with E-state index in [1.165, 1.54) is 23.9 Å². The number of furan rings is 1. The lowest BCUT2D eigenvalue weighted by Crippen LogP contribution is -2.43. The van der Waals surface area contributed by atoms with Crippen LogP contribution in [0.3, 0.4) is 0 Å². The van der Waals surface area contributed by atoms with Gasteiger partial charge in [0, 0.05) is 27.7 Å². The predicted molar refractivity (Wildman–Crippen MR) is 129 cm³/mol. The van der Waals surface area contributed by atoms with Crippen molar-refractivity contribution in [2.75, 3.05) is 12.0 Å². The van der Waals surface area contributed by atoms with Crippen LogP contribution in [0.25, 0.3) is 33.1 Å². The first-order valence-corrected chi connectivity index (χ1v) is 11.8. The monoisotopic (exact) mass is 483 g/mol. The van der Waals surface area contributed by atoms with E-state index in [0.29, 0.717) is 27.7 Å². The topological polar surface area (TPSA) is 110 Å². The summed E-state index contributed by atoms with van der Waals surface area (Å²) in [6.45, 7) is 3.50. The summed E-state index contributed by atoms with van der Waals surface area (Å²) in [7, 11) is 0.